The average Bonchev–Trinajstić information content (AvgIpc) is 2.06. The summed E-state index contributed by atoms with van der Waals surface area (Å²) in [6.07, 6.45) is 0. The number of hydrogen-bond donors (Lipinski definition) is 2. The van der Waals surface area contributed by atoms with Crippen molar-refractivity contribution in [3.8, 4) is 5.75 Å². The van der Waals surface area contributed by atoms with Crippen molar-refractivity contribution in [1.29, 1.82) is 0 Å². The molecule has 0 spiro atoms. The Bertz CT molecular complexity index is 258. The van der Waals surface area contributed by atoms with Crippen LogP contribution in [-0.2, 0) is 4.79 Å². The molecular weight excluding hydrogens is 176 g/mol. The fourth-order valence-corrected chi connectivity index (χ4v) is 0.710. The third-order valence-corrected chi connectivity index (χ3v) is 1.38. The lowest BCUT2D eigenvalue weighted by Gasteiger charge is -2.04. The quantitative estimate of drug-likeness (QED) is 0.310. The Morgan fingerprint density at radius 2 is 2.00 bits per heavy atom. The van der Waals surface area contributed by atoms with E-state index in [4.69, 9.17) is 9.84 Å². The summed E-state index contributed by atoms with van der Waals surface area (Å²) in [5.74, 6) is -0.375. The molecule has 64 valence electrons. The van der Waals surface area contributed by atoms with Gasteiger partial charge in [-0.25, -0.2) is 4.79 Å². The molecule has 0 saturated heterocycles. The number of benzene rings is 1. The van der Waals surface area contributed by atoms with Crippen molar-refractivity contribution < 1.29 is 14.6 Å². The number of carbonyl (C=O) groups is 1. The Hall–Kier alpha value is -1.00. The minimum absolute atomic E-state index is 0.399. The van der Waals surface area contributed by atoms with Gasteiger partial charge in [0.25, 0.3) is 0 Å². The van der Waals surface area contributed by atoms with Gasteiger partial charge in [0.15, 0.2) is 5.44 Å². The number of carbonyl (C=O) groups excluding carboxylic acids is 1. The Labute approximate surface area is 75.4 Å². The van der Waals surface area contributed by atoms with Crippen molar-refractivity contribution in [2.24, 2.45) is 0 Å². The molecule has 3 nitrogen and oxygen atoms in total. The van der Waals surface area contributed by atoms with E-state index in [1.165, 1.54) is 0 Å². The van der Waals surface area contributed by atoms with E-state index < -0.39 is 11.4 Å². The van der Waals surface area contributed by atoms with Crippen LogP contribution in [0.2, 0.25) is 0 Å². The molecule has 1 rings (SSSR count). The summed E-state index contributed by atoms with van der Waals surface area (Å²) >= 11 is 3.50. The Kier molecular flexibility index (Phi) is 3.13. The second-order valence-corrected chi connectivity index (χ2v) is 2.60. The fraction of sp³-hybridized carbons (Fsp3) is 0.125. The highest BCUT2D eigenvalue weighted by atomic mass is 32.1. The molecule has 4 heteroatoms. The van der Waals surface area contributed by atoms with E-state index in [1.54, 1.807) is 30.3 Å². The van der Waals surface area contributed by atoms with Crippen LogP contribution in [0.5, 0.6) is 5.75 Å². The van der Waals surface area contributed by atoms with Crippen molar-refractivity contribution in [2.75, 3.05) is 0 Å². The van der Waals surface area contributed by atoms with Gasteiger partial charge in [-0.05, 0) is 12.1 Å². The molecule has 1 aromatic rings. The van der Waals surface area contributed by atoms with Crippen molar-refractivity contribution in [2.45, 2.75) is 5.44 Å². The SMILES string of the molecule is O=C(Oc1ccccc1)C(O)S. The van der Waals surface area contributed by atoms with E-state index in [1.807, 2.05) is 0 Å². The van der Waals surface area contributed by atoms with Crippen LogP contribution in [0.15, 0.2) is 30.3 Å². The van der Waals surface area contributed by atoms with Gasteiger partial charge in [-0.1, -0.05) is 18.2 Å². The van der Waals surface area contributed by atoms with Gasteiger partial charge < -0.3 is 9.84 Å². The van der Waals surface area contributed by atoms with E-state index >= 15 is 0 Å². The molecular formula is C8H8O3S. The smallest absolute Gasteiger partial charge is 0.350 e. The zero-order valence-corrected chi connectivity index (χ0v) is 7.07. The molecule has 0 aliphatic rings. The first-order valence-electron chi connectivity index (χ1n) is 3.33. The highest BCUT2D eigenvalue weighted by molar-refractivity contribution is 7.81. The second-order valence-electron chi connectivity index (χ2n) is 2.11. The zero-order valence-electron chi connectivity index (χ0n) is 6.18. The number of rotatable bonds is 2. The summed E-state index contributed by atoms with van der Waals surface area (Å²) in [5, 5.41) is 8.67. The van der Waals surface area contributed by atoms with Crippen molar-refractivity contribution in [1.82, 2.24) is 0 Å². The summed E-state index contributed by atoms with van der Waals surface area (Å²) in [5.41, 5.74) is -1.38. The van der Waals surface area contributed by atoms with Crippen LogP contribution in [0.25, 0.3) is 0 Å². The highest BCUT2D eigenvalue weighted by Crippen LogP contribution is 2.09. The van der Waals surface area contributed by atoms with Crippen LogP contribution >= 0.6 is 12.6 Å². The topological polar surface area (TPSA) is 46.5 Å². The van der Waals surface area contributed by atoms with E-state index in [0.29, 0.717) is 5.75 Å². The molecule has 0 saturated carbocycles. The number of aliphatic hydroxyl groups excluding tert-OH is 1. The van der Waals surface area contributed by atoms with E-state index in [0.717, 1.165) is 0 Å². The molecule has 0 radical (unpaired) electrons. The maximum atomic E-state index is 10.8. The molecule has 1 atom stereocenters. The number of aliphatic hydroxyl groups is 1. The van der Waals surface area contributed by atoms with Gasteiger partial charge in [-0.2, -0.15) is 0 Å². The summed E-state index contributed by atoms with van der Waals surface area (Å²) in [6, 6.07) is 8.50. The maximum absolute atomic E-state index is 10.8. The first kappa shape index (κ1) is 9.09. The number of hydrogen-bond acceptors (Lipinski definition) is 4. The van der Waals surface area contributed by atoms with E-state index in [-0.39, 0.29) is 0 Å². The van der Waals surface area contributed by atoms with Gasteiger partial charge in [0.2, 0.25) is 0 Å². The minimum atomic E-state index is -1.38. The van der Waals surface area contributed by atoms with Crippen LogP contribution in [-0.4, -0.2) is 16.5 Å². The minimum Gasteiger partial charge on any atom is -0.424 e. The van der Waals surface area contributed by atoms with Gasteiger partial charge in [-0.15, -0.1) is 12.6 Å². The predicted molar refractivity (Wildman–Crippen MR) is 47.1 cm³/mol. The predicted octanol–water partition coefficient (Wildman–Crippen LogP) is 0.840. The zero-order chi connectivity index (χ0) is 8.97. The number of ether oxygens (including phenoxy) is 1. The third-order valence-electron chi connectivity index (χ3n) is 1.17. The standard InChI is InChI=1S/C8H8O3S/c9-7(8(10)12)11-6-4-2-1-3-5-6/h1-5,8,10,12H. The van der Waals surface area contributed by atoms with E-state index in [2.05, 4.69) is 12.6 Å². The lowest BCUT2D eigenvalue weighted by Crippen LogP contribution is -2.19. The number of para-hydroxylation sites is 1. The molecule has 0 aliphatic carbocycles. The Morgan fingerprint density at radius 1 is 1.42 bits per heavy atom. The highest BCUT2D eigenvalue weighted by Gasteiger charge is 2.11. The van der Waals surface area contributed by atoms with Crippen LogP contribution in [0, 0.1) is 0 Å². The van der Waals surface area contributed by atoms with Crippen LogP contribution in [0.4, 0.5) is 0 Å². The van der Waals surface area contributed by atoms with Crippen LogP contribution < -0.4 is 4.74 Å². The second kappa shape index (κ2) is 4.13. The summed E-state index contributed by atoms with van der Waals surface area (Å²) in [6.45, 7) is 0. The number of esters is 1. The summed E-state index contributed by atoms with van der Waals surface area (Å²) in [7, 11) is 0. The normalized spacial score (nSPS) is 12.2. The summed E-state index contributed by atoms with van der Waals surface area (Å²) in [4.78, 5) is 10.8. The van der Waals surface area contributed by atoms with Gasteiger partial charge in [0.1, 0.15) is 5.75 Å². The van der Waals surface area contributed by atoms with Crippen LogP contribution in [0.1, 0.15) is 0 Å². The van der Waals surface area contributed by atoms with Crippen LogP contribution in [0.3, 0.4) is 0 Å². The molecule has 1 unspecified atom stereocenters. The fourth-order valence-electron chi connectivity index (χ4n) is 0.657. The molecule has 0 heterocycles. The molecule has 0 fully saturated rings. The van der Waals surface area contributed by atoms with E-state index in [9.17, 15) is 4.79 Å². The number of thiol groups is 1. The van der Waals surface area contributed by atoms with Crippen molar-refractivity contribution in [3.05, 3.63) is 30.3 Å². The Morgan fingerprint density at radius 3 is 2.50 bits per heavy atom. The molecule has 1 aromatic carbocycles. The Balaban J connectivity index is 2.59. The lowest BCUT2D eigenvalue weighted by molar-refractivity contribution is -0.139. The molecule has 12 heavy (non-hydrogen) atoms. The lowest BCUT2D eigenvalue weighted by atomic mass is 10.3. The first-order chi connectivity index (χ1) is 5.70. The molecule has 0 amide bonds. The largest absolute Gasteiger partial charge is 0.424 e. The molecule has 1 N–H and O–H groups in total. The van der Waals surface area contributed by atoms with Gasteiger partial charge in [0, 0.05) is 0 Å². The van der Waals surface area contributed by atoms with Gasteiger partial charge in [0.05, 0.1) is 0 Å². The van der Waals surface area contributed by atoms with Gasteiger partial charge >= 0.3 is 5.97 Å². The maximum Gasteiger partial charge on any atom is 0.350 e. The molecule has 0 bridgehead atoms. The van der Waals surface area contributed by atoms with Crippen molar-refractivity contribution >= 4 is 18.6 Å². The average molecular weight is 184 g/mol. The molecule has 0 aromatic heterocycles. The third kappa shape index (κ3) is 2.56. The van der Waals surface area contributed by atoms with Gasteiger partial charge in [-0.3, -0.25) is 0 Å². The van der Waals surface area contributed by atoms with Crippen molar-refractivity contribution in [3.63, 3.8) is 0 Å². The monoisotopic (exact) mass is 184 g/mol. The first-order valence-corrected chi connectivity index (χ1v) is 3.84. The molecule has 0 aliphatic heterocycles. The summed E-state index contributed by atoms with van der Waals surface area (Å²) < 4.78 is 4.71.